The molecule has 110 valence electrons. The van der Waals surface area contributed by atoms with Crippen LogP contribution < -0.4 is 5.32 Å². The standard InChI is InChI=1S/C20H20N2/c1-2-16-9-11-17(12-10-16)14-21-13-5-6-18-15-22-20-8-4-3-7-19(18)20/h1,3-4,7-12,15,21-22H,5-6,13-14H2. The van der Waals surface area contributed by atoms with Crippen LogP contribution in [0.15, 0.2) is 54.7 Å². The van der Waals surface area contributed by atoms with Gasteiger partial charge in [0.05, 0.1) is 0 Å². The molecule has 0 fully saturated rings. The normalized spacial score (nSPS) is 10.7. The van der Waals surface area contributed by atoms with Crippen LogP contribution in [0.4, 0.5) is 0 Å². The first-order valence-corrected chi connectivity index (χ1v) is 7.68. The second-order valence-corrected chi connectivity index (χ2v) is 5.48. The molecule has 0 aliphatic heterocycles. The lowest BCUT2D eigenvalue weighted by atomic mass is 10.1. The summed E-state index contributed by atoms with van der Waals surface area (Å²) in [4.78, 5) is 3.33. The van der Waals surface area contributed by atoms with E-state index in [1.807, 2.05) is 12.1 Å². The van der Waals surface area contributed by atoms with Gasteiger partial charge in [-0.05, 0) is 48.7 Å². The molecule has 2 N–H and O–H groups in total. The van der Waals surface area contributed by atoms with Gasteiger partial charge in [-0.2, -0.15) is 0 Å². The van der Waals surface area contributed by atoms with E-state index in [0.29, 0.717) is 0 Å². The van der Waals surface area contributed by atoms with Gasteiger partial charge in [0.1, 0.15) is 0 Å². The quantitative estimate of drug-likeness (QED) is 0.523. The average molecular weight is 288 g/mol. The van der Waals surface area contributed by atoms with Crippen LogP contribution in [-0.2, 0) is 13.0 Å². The van der Waals surface area contributed by atoms with E-state index in [1.165, 1.54) is 22.0 Å². The fraction of sp³-hybridized carbons (Fsp3) is 0.200. The smallest absolute Gasteiger partial charge is 0.0456 e. The third kappa shape index (κ3) is 3.39. The first-order chi connectivity index (χ1) is 10.9. The molecule has 0 spiro atoms. The largest absolute Gasteiger partial charge is 0.361 e. The molecule has 3 rings (SSSR count). The van der Waals surface area contributed by atoms with Crippen LogP contribution in [0.2, 0.25) is 0 Å². The molecule has 0 saturated carbocycles. The van der Waals surface area contributed by atoms with E-state index in [2.05, 4.69) is 58.8 Å². The minimum absolute atomic E-state index is 0.888. The van der Waals surface area contributed by atoms with Gasteiger partial charge in [-0.15, -0.1) is 6.42 Å². The molecule has 0 aliphatic rings. The van der Waals surface area contributed by atoms with Gasteiger partial charge < -0.3 is 10.3 Å². The molecule has 2 heteroatoms. The molecule has 1 aromatic heterocycles. The van der Waals surface area contributed by atoms with Crippen LogP contribution in [0.25, 0.3) is 10.9 Å². The van der Waals surface area contributed by atoms with Crippen LogP contribution >= 0.6 is 0 Å². The Morgan fingerprint density at radius 2 is 1.86 bits per heavy atom. The maximum Gasteiger partial charge on any atom is 0.0456 e. The highest BCUT2D eigenvalue weighted by Crippen LogP contribution is 2.18. The second kappa shape index (κ2) is 6.98. The Morgan fingerprint density at radius 1 is 1.05 bits per heavy atom. The summed E-state index contributed by atoms with van der Waals surface area (Å²) in [5.41, 5.74) is 4.82. The summed E-state index contributed by atoms with van der Waals surface area (Å²) >= 11 is 0. The van der Waals surface area contributed by atoms with Crippen molar-refractivity contribution in [1.29, 1.82) is 0 Å². The Bertz CT molecular complexity index is 775. The number of para-hydroxylation sites is 1. The van der Waals surface area contributed by atoms with Gasteiger partial charge in [-0.3, -0.25) is 0 Å². The number of hydrogen-bond acceptors (Lipinski definition) is 1. The summed E-state index contributed by atoms with van der Waals surface area (Å²) in [7, 11) is 0. The van der Waals surface area contributed by atoms with Crippen LogP contribution in [0.1, 0.15) is 23.1 Å². The molecule has 0 saturated heterocycles. The number of rotatable bonds is 6. The summed E-state index contributed by atoms with van der Waals surface area (Å²) in [5.74, 6) is 2.64. The van der Waals surface area contributed by atoms with Gasteiger partial charge in [0, 0.05) is 29.2 Å². The van der Waals surface area contributed by atoms with Gasteiger partial charge in [0.2, 0.25) is 0 Å². The first kappa shape index (κ1) is 14.4. The van der Waals surface area contributed by atoms with Crippen molar-refractivity contribution in [3.8, 4) is 12.3 Å². The van der Waals surface area contributed by atoms with Crippen molar-refractivity contribution in [3.05, 3.63) is 71.4 Å². The predicted octanol–water partition coefficient (Wildman–Crippen LogP) is 3.87. The minimum Gasteiger partial charge on any atom is -0.361 e. The molecule has 3 aromatic rings. The molecule has 0 aliphatic carbocycles. The van der Waals surface area contributed by atoms with Crippen molar-refractivity contribution >= 4 is 10.9 Å². The Kier molecular flexibility index (Phi) is 4.58. The summed E-state index contributed by atoms with van der Waals surface area (Å²) < 4.78 is 0. The van der Waals surface area contributed by atoms with E-state index in [1.54, 1.807) is 0 Å². The number of terminal acetylenes is 1. The highest BCUT2D eigenvalue weighted by molar-refractivity contribution is 5.82. The summed E-state index contributed by atoms with van der Waals surface area (Å²) in [6, 6.07) is 16.6. The van der Waals surface area contributed by atoms with Crippen molar-refractivity contribution in [2.24, 2.45) is 0 Å². The van der Waals surface area contributed by atoms with E-state index in [0.717, 1.165) is 31.5 Å². The van der Waals surface area contributed by atoms with Crippen LogP contribution in [0, 0.1) is 12.3 Å². The Hall–Kier alpha value is -2.50. The average Bonchev–Trinajstić information content (AvgIpc) is 2.98. The highest BCUT2D eigenvalue weighted by atomic mass is 14.8. The molecule has 0 unspecified atom stereocenters. The Labute approximate surface area is 131 Å². The zero-order valence-electron chi connectivity index (χ0n) is 12.6. The summed E-state index contributed by atoms with van der Waals surface area (Å²) in [6.45, 7) is 1.90. The van der Waals surface area contributed by atoms with Crippen molar-refractivity contribution < 1.29 is 0 Å². The fourth-order valence-electron chi connectivity index (χ4n) is 2.69. The lowest BCUT2D eigenvalue weighted by molar-refractivity contribution is 0.650. The van der Waals surface area contributed by atoms with Gasteiger partial charge in [-0.1, -0.05) is 36.3 Å². The number of aryl methyl sites for hydroxylation is 1. The SMILES string of the molecule is C#Cc1ccc(CNCCCc2c[nH]c3ccccc23)cc1. The zero-order chi connectivity index (χ0) is 15.2. The summed E-state index contributed by atoms with van der Waals surface area (Å²) in [6.07, 6.45) is 9.71. The van der Waals surface area contributed by atoms with Gasteiger partial charge >= 0.3 is 0 Å². The third-order valence-electron chi connectivity index (χ3n) is 3.92. The monoisotopic (exact) mass is 288 g/mol. The third-order valence-corrected chi connectivity index (χ3v) is 3.92. The predicted molar refractivity (Wildman–Crippen MR) is 92.7 cm³/mol. The van der Waals surface area contributed by atoms with E-state index >= 15 is 0 Å². The Balaban J connectivity index is 1.44. The maximum atomic E-state index is 5.36. The zero-order valence-corrected chi connectivity index (χ0v) is 12.6. The second-order valence-electron chi connectivity index (χ2n) is 5.48. The lowest BCUT2D eigenvalue weighted by Gasteiger charge is -2.05. The molecule has 1 heterocycles. The molecule has 0 amide bonds. The van der Waals surface area contributed by atoms with E-state index in [9.17, 15) is 0 Å². The molecule has 2 aromatic carbocycles. The summed E-state index contributed by atoms with van der Waals surface area (Å²) in [5, 5.41) is 4.83. The fourth-order valence-corrected chi connectivity index (χ4v) is 2.69. The van der Waals surface area contributed by atoms with Gasteiger partial charge in [0.25, 0.3) is 0 Å². The van der Waals surface area contributed by atoms with E-state index < -0.39 is 0 Å². The van der Waals surface area contributed by atoms with E-state index in [4.69, 9.17) is 6.42 Å². The number of hydrogen-bond donors (Lipinski definition) is 2. The van der Waals surface area contributed by atoms with Crippen LogP contribution in [0.5, 0.6) is 0 Å². The highest BCUT2D eigenvalue weighted by Gasteiger charge is 2.02. The molecule has 22 heavy (non-hydrogen) atoms. The molecular formula is C20H20N2. The van der Waals surface area contributed by atoms with Crippen molar-refractivity contribution in [1.82, 2.24) is 10.3 Å². The van der Waals surface area contributed by atoms with Crippen LogP contribution in [-0.4, -0.2) is 11.5 Å². The number of nitrogens with one attached hydrogen (secondary N) is 2. The number of H-pyrrole nitrogens is 1. The molecular weight excluding hydrogens is 268 g/mol. The topological polar surface area (TPSA) is 27.8 Å². The number of aromatic amines is 1. The molecule has 2 nitrogen and oxygen atoms in total. The number of aromatic nitrogens is 1. The molecule has 0 radical (unpaired) electrons. The molecule has 0 bridgehead atoms. The first-order valence-electron chi connectivity index (χ1n) is 7.68. The minimum atomic E-state index is 0.888. The maximum absolute atomic E-state index is 5.36. The lowest BCUT2D eigenvalue weighted by Crippen LogP contribution is -2.15. The number of benzene rings is 2. The van der Waals surface area contributed by atoms with Gasteiger partial charge in [-0.25, -0.2) is 0 Å². The van der Waals surface area contributed by atoms with Crippen molar-refractivity contribution in [2.45, 2.75) is 19.4 Å². The van der Waals surface area contributed by atoms with E-state index in [-0.39, 0.29) is 0 Å². The number of fused-ring (bicyclic) bond motifs is 1. The van der Waals surface area contributed by atoms with Crippen molar-refractivity contribution in [3.63, 3.8) is 0 Å². The molecule has 0 atom stereocenters. The Morgan fingerprint density at radius 3 is 2.68 bits per heavy atom. The van der Waals surface area contributed by atoms with Crippen molar-refractivity contribution in [2.75, 3.05) is 6.54 Å². The van der Waals surface area contributed by atoms with Gasteiger partial charge in [0.15, 0.2) is 0 Å². The van der Waals surface area contributed by atoms with Crippen LogP contribution in [0.3, 0.4) is 0 Å².